The summed E-state index contributed by atoms with van der Waals surface area (Å²) >= 11 is 4.21. The molecule has 0 bridgehead atoms. The molecule has 0 aliphatic rings. The Bertz CT molecular complexity index is 1950. The fourth-order valence-electron chi connectivity index (χ4n) is 4.52. The van der Waals surface area contributed by atoms with Crippen LogP contribution in [0.15, 0.2) is 82.6 Å². The first kappa shape index (κ1) is 30.8. The van der Waals surface area contributed by atoms with Crippen molar-refractivity contribution >= 4 is 65.6 Å². The number of rotatable bonds is 10. The van der Waals surface area contributed by atoms with Gasteiger partial charge >= 0.3 is 11.9 Å². The number of hydrogen-bond donors (Lipinski definition) is 2. The second kappa shape index (κ2) is 11.8. The molecule has 2 N–H and O–H groups in total. The van der Waals surface area contributed by atoms with Crippen LogP contribution in [0.4, 0.5) is 0 Å². The van der Waals surface area contributed by atoms with Crippen molar-refractivity contribution in [1.82, 2.24) is 0 Å². The van der Waals surface area contributed by atoms with Crippen molar-refractivity contribution in [2.24, 2.45) is 0 Å². The molecule has 0 saturated heterocycles. The van der Waals surface area contributed by atoms with E-state index in [1.165, 1.54) is 46.1 Å². The topological polar surface area (TPSA) is 143 Å². The van der Waals surface area contributed by atoms with Gasteiger partial charge in [-0.3, -0.25) is 9.59 Å². The normalized spacial score (nSPS) is 12.0. The fourth-order valence-corrected chi connectivity index (χ4v) is 9.37. The van der Waals surface area contributed by atoms with Gasteiger partial charge in [-0.15, -0.1) is 34.0 Å². The molecular formula is C30H24O8S5. The Morgan fingerprint density at radius 3 is 1.33 bits per heavy atom. The number of carboxylic acids is 2. The molecule has 0 amide bonds. The number of aliphatic carboxylic acids is 2. The molecule has 5 rings (SSSR count). The summed E-state index contributed by atoms with van der Waals surface area (Å²) in [4.78, 5) is 28.3. The minimum atomic E-state index is -3.46. The molecule has 0 saturated carbocycles. The zero-order valence-corrected chi connectivity index (χ0v) is 26.8. The van der Waals surface area contributed by atoms with Crippen LogP contribution in [0.1, 0.15) is 11.1 Å². The molecule has 0 aliphatic carbocycles. The first-order valence-electron chi connectivity index (χ1n) is 12.6. The summed E-state index contributed by atoms with van der Waals surface area (Å²) in [6.45, 7) is 0. The molecule has 222 valence electrons. The highest BCUT2D eigenvalue weighted by molar-refractivity contribution is 7.91. The lowest BCUT2D eigenvalue weighted by Gasteiger charge is -2.04. The van der Waals surface area contributed by atoms with E-state index in [2.05, 4.69) is 0 Å². The van der Waals surface area contributed by atoms with Crippen LogP contribution < -0.4 is 0 Å². The lowest BCUT2D eigenvalue weighted by molar-refractivity contribution is -0.137. The van der Waals surface area contributed by atoms with E-state index >= 15 is 0 Å². The zero-order valence-electron chi connectivity index (χ0n) is 22.7. The van der Waals surface area contributed by atoms with Crippen LogP contribution in [0.3, 0.4) is 0 Å². The Balaban J connectivity index is 1.56. The summed E-state index contributed by atoms with van der Waals surface area (Å²) in [5.41, 5.74) is 2.37. The number of carboxylic acid groups (broad SMARTS) is 2. The van der Waals surface area contributed by atoms with Crippen LogP contribution in [-0.4, -0.2) is 51.5 Å². The highest BCUT2D eigenvalue weighted by atomic mass is 32.2. The average molecular weight is 673 g/mol. The monoisotopic (exact) mass is 672 g/mol. The molecule has 0 unspecified atom stereocenters. The molecule has 13 heteroatoms. The Labute approximate surface area is 260 Å². The molecule has 0 radical (unpaired) electrons. The third-order valence-electron chi connectivity index (χ3n) is 6.44. The first-order chi connectivity index (χ1) is 20.2. The van der Waals surface area contributed by atoms with Gasteiger partial charge in [0.1, 0.15) is 0 Å². The Morgan fingerprint density at radius 2 is 0.977 bits per heavy atom. The van der Waals surface area contributed by atoms with E-state index in [1.54, 1.807) is 36.4 Å². The first-order valence-corrected chi connectivity index (χ1v) is 18.8. The van der Waals surface area contributed by atoms with Crippen LogP contribution in [0.2, 0.25) is 0 Å². The van der Waals surface area contributed by atoms with Crippen molar-refractivity contribution in [3.05, 3.63) is 83.9 Å². The standard InChI is InChI=1S/C30H24O8S5/c1-42(35,36)21-7-3-5-17(11-21)29-19(15-27(31)32)13-25(40-29)23-9-10-24(39-23)26-14-20(16-28(33)34)30(41-26)18-6-4-8-22(12-18)43(2,37)38/h3-14H,15-16H2,1-2H3,(H,31,32)(H,33,34). The highest BCUT2D eigenvalue weighted by Crippen LogP contribution is 2.46. The smallest absolute Gasteiger partial charge is 0.307 e. The largest absolute Gasteiger partial charge is 0.481 e. The van der Waals surface area contributed by atoms with Gasteiger partial charge in [-0.2, -0.15) is 0 Å². The van der Waals surface area contributed by atoms with Crippen LogP contribution in [0, 0.1) is 0 Å². The van der Waals surface area contributed by atoms with Crippen molar-refractivity contribution < 1.29 is 36.6 Å². The van der Waals surface area contributed by atoms with Crippen molar-refractivity contribution in [1.29, 1.82) is 0 Å². The molecule has 3 aromatic heterocycles. The lowest BCUT2D eigenvalue weighted by atomic mass is 10.1. The zero-order chi connectivity index (χ0) is 31.1. The van der Waals surface area contributed by atoms with E-state index in [1.807, 2.05) is 24.3 Å². The van der Waals surface area contributed by atoms with Crippen LogP contribution >= 0.6 is 34.0 Å². The number of carbonyl (C=O) groups is 2. The van der Waals surface area contributed by atoms with E-state index in [9.17, 15) is 36.6 Å². The predicted molar refractivity (Wildman–Crippen MR) is 171 cm³/mol. The maximum absolute atomic E-state index is 12.1. The molecule has 0 spiro atoms. The quantitative estimate of drug-likeness (QED) is 0.169. The van der Waals surface area contributed by atoms with E-state index < -0.39 is 31.6 Å². The fraction of sp³-hybridized carbons (Fsp3) is 0.133. The van der Waals surface area contributed by atoms with Crippen molar-refractivity contribution in [3.8, 4) is 40.4 Å². The van der Waals surface area contributed by atoms with Gasteiger partial charge < -0.3 is 10.2 Å². The van der Waals surface area contributed by atoms with Gasteiger partial charge in [0.15, 0.2) is 19.7 Å². The van der Waals surface area contributed by atoms with Crippen molar-refractivity contribution in [2.75, 3.05) is 12.5 Å². The van der Waals surface area contributed by atoms with Gasteiger partial charge in [0.2, 0.25) is 0 Å². The summed E-state index contributed by atoms with van der Waals surface area (Å²) in [5.74, 6) is -2.01. The maximum Gasteiger partial charge on any atom is 0.307 e. The second-order valence-corrected chi connectivity index (χ2v) is 17.1. The highest BCUT2D eigenvalue weighted by Gasteiger charge is 2.20. The minimum Gasteiger partial charge on any atom is -0.481 e. The molecule has 8 nitrogen and oxygen atoms in total. The van der Waals surface area contributed by atoms with E-state index in [0.717, 1.165) is 32.0 Å². The van der Waals surface area contributed by atoms with E-state index in [4.69, 9.17) is 0 Å². The van der Waals surface area contributed by atoms with Crippen LogP contribution in [0.5, 0.6) is 0 Å². The van der Waals surface area contributed by atoms with Crippen LogP contribution in [-0.2, 0) is 42.1 Å². The SMILES string of the molecule is CS(=O)(=O)c1cccc(-c2sc(-c3ccc(-c4cc(CC(=O)O)c(-c5cccc(S(C)(=O)=O)c5)s4)s3)cc2CC(=O)O)c1. The third kappa shape index (κ3) is 6.97. The summed E-state index contributed by atoms with van der Waals surface area (Å²) < 4.78 is 48.5. The summed E-state index contributed by atoms with van der Waals surface area (Å²) in [5, 5.41) is 19.1. The molecule has 43 heavy (non-hydrogen) atoms. The Kier molecular flexibility index (Phi) is 8.47. The predicted octanol–water partition coefficient (Wildman–Crippen LogP) is 6.60. The van der Waals surface area contributed by atoms with Gasteiger partial charge in [0.25, 0.3) is 0 Å². The van der Waals surface area contributed by atoms with Gasteiger partial charge in [-0.25, -0.2) is 16.8 Å². The second-order valence-electron chi connectivity index (χ2n) is 9.83. The van der Waals surface area contributed by atoms with Gasteiger partial charge in [-0.1, -0.05) is 24.3 Å². The molecule has 3 heterocycles. The number of benzene rings is 2. The van der Waals surface area contributed by atoms with Crippen molar-refractivity contribution in [3.63, 3.8) is 0 Å². The minimum absolute atomic E-state index is 0.146. The summed E-state index contributed by atoms with van der Waals surface area (Å²) in [6.07, 6.45) is 1.79. The number of thiophene rings is 3. The maximum atomic E-state index is 12.1. The molecule has 0 aliphatic heterocycles. The van der Waals surface area contributed by atoms with Gasteiger partial charge in [-0.05, 0) is 70.8 Å². The number of sulfone groups is 2. The lowest BCUT2D eigenvalue weighted by Crippen LogP contribution is -2.00. The third-order valence-corrected chi connectivity index (χ3v) is 12.6. The molecule has 0 fully saturated rings. The average Bonchev–Trinajstić information content (AvgIpc) is 3.66. The molecule has 2 aromatic carbocycles. The van der Waals surface area contributed by atoms with Gasteiger partial charge in [0.05, 0.1) is 22.6 Å². The van der Waals surface area contributed by atoms with E-state index in [0.29, 0.717) is 32.0 Å². The summed E-state index contributed by atoms with van der Waals surface area (Å²) in [7, 11) is -6.91. The van der Waals surface area contributed by atoms with Crippen LogP contribution in [0.25, 0.3) is 40.4 Å². The van der Waals surface area contributed by atoms with Gasteiger partial charge in [0, 0.05) is 41.8 Å². The van der Waals surface area contributed by atoms with Crippen molar-refractivity contribution in [2.45, 2.75) is 22.6 Å². The number of hydrogen-bond acceptors (Lipinski definition) is 9. The molecule has 5 aromatic rings. The summed E-state index contributed by atoms with van der Waals surface area (Å²) in [6, 6.07) is 20.3. The Morgan fingerprint density at radius 1 is 0.581 bits per heavy atom. The molecular weight excluding hydrogens is 649 g/mol. The Hall–Kier alpha value is -3.62. The van der Waals surface area contributed by atoms with E-state index in [-0.39, 0.29) is 22.6 Å². The molecule has 0 atom stereocenters.